The van der Waals surface area contributed by atoms with E-state index in [0.29, 0.717) is 17.5 Å². The van der Waals surface area contributed by atoms with Crippen LogP contribution in [0.15, 0.2) is 27.3 Å². The fraction of sp³-hybridized carbons (Fsp3) is 0.600. The van der Waals surface area contributed by atoms with Crippen molar-refractivity contribution in [2.45, 2.75) is 51.0 Å². The predicted octanol–water partition coefficient (Wildman–Crippen LogP) is 3.72. The minimum atomic E-state index is -0.663. The van der Waals surface area contributed by atoms with Gasteiger partial charge in [-0.25, -0.2) is 0 Å². The number of furan rings is 1. The lowest BCUT2D eigenvalue weighted by Crippen LogP contribution is -2.14. The molecular formula is C15H20N2O3. The summed E-state index contributed by atoms with van der Waals surface area (Å²) in [6.45, 7) is 0. The second-order valence-corrected chi connectivity index (χ2v) is 5.48. The fourth-order valence-corrected chi connectivity index (χ4v) is 2.87. The van der Waals surface area contributed by atoms with E-state index < -0.39 is 6.10 Å². The number of rotatable bonds is 3. The van der Waals surface area contributed by atoms with Gasteiger partial charge in [0, 0.05) is 0 Å². The van der Waals surface area contributed by atoms with Gasteiger partial charge in [-0.1, -0.05) is 37.3 Å². The van der Waals surface area contributed by atoms with Crippen LogP contribution in [0.1, 0.15) is 56.9 Å². The van der Waals surface area contributed by atoms with Crippen molar-refractivity contribution < 1.29 is 14.0 Å². The quantitative estimate of drug-likeness (QED) is 0.924. The fourth-order valence-electron chi connectivity index (χ4n) is 2.87. The summed E-state index contributed by atoms with van der Waals surface area (Å²) in [5.74, 6) is 1.49. The van der Waals surface area contributed by atoms with Gasteiger partial charge in [0.05, 0.1) is 6.26 Å². The van der Waals surface area contributed by atoms with Crippen molar-refractivity contribution >= 4 is 0 Å². The SMILES string of the molecule is OC(c1nc(-c2ccco2)no1)C1CCCCCCC1. The minimum absolute atomic E-state index is 0.222. The van der Waals surface area contributed by atoms with Crippen LogP contribution in [0, 0.1) is 5.92 Å². The molecule has 0 bridgehead atoms. The van der Waals surface area contributed by atoms with Crippen LogP contribution >= 0.6 is 0 Å². The number of nitrogens with zero attached hydrogens (tertiary/aromatic N) is 2. The van der Waals surface area contributed by atoms with Gasteiger partial charge >= 0.3 is 0 Å². The molecule has 5 nitrogen and oxygen atoms in total. The topological polar surface area (TPSA) is 72.3 Å². The van der Waals surface area contributed by atoms with Gasteiger partial charge in [-0.2, -0.15) is 4.98 Å². The molecule has 2 heterocycles. The van der Waals surface area contributed by atoms with Gasteiger partial charge in [-0.05, 0) is 30.9 Å². The Balaban J connectivity index is 1.71. The van der Waals surface area contributed by atoms with E-state index in [1.165, 1.54) is 32.1 Å². The van der Waals surface area contributed by atoms with E-state index >= 15 is 0 Å². The van der Waals surface area contributed by atoms with E-state index in [1.54, 1.807) is 18.4 Å². The standard InChI is InChI=1S/C15H20N2O3/c18-13(11-7-4-2-1-3-5-8-11)15-16-14(17-20-15)12-9-6-10-19-12/h6,9-11,13,18H,1-5,7-8H2. The van der Waals surface area contributed by atoms with Crippen LogP contribution in [0.3, 0.4) is 0 Å². The van der Waals surface area contributed by atoms with Crippen molar-refractivity contribution in [1.82, 2.24) is 10.1 Å². The summed E-state index contributed by atoms with van der Waals surface area (Å²) in [7, 11) is 0. The van der Waals surface area contributed by atoms with Crippen LogP contribution < -0.4 is 0 Å². The third kappa shape index (κ3) is 2.93. The van der Waals surface area contributed by atoms with Crippen LogP contribution in [-0.4, -0.2) is 15.2 Å². The monoisotopic (exact) mass is 276 g/mol. The first kappa shape index (κ1) is 13.4. The lowest BCUT2D eigenvalue weighted by atomic mass is 9.87. The molecule has 1 aliphatic rings. The van der Waals surface area contributed by atoms with Crippen LogP contribution in [0.4, 0.5) is 0 Å². The molecule has 0 amide bonds. The Morgan fingerprint density at radius 2 is 1.90 bits per heavy atom. The van der Waals surface area contributed by atoms with Gasteiger partial charge in [0.15, 0.2) is 5.76 Å². The second kappa shape index (κ2) is 6.22. The summed E-state index contributed by atoms with van der Waals surface area (Å²) >= 11 is 0. The van der Waals surface area contributed by atoms with E-state index in [-0.39, 0.29) is 5.92 Å². The number of aliphatic hydroxyl groups is 1. The summed E-state index contributed by atoms with van der Waals surface area (Å²) in [6, 6.07) is 3.55. The lowest BCUT2D eigenvalue weighted by molar-refractivity contribution is 0.0605. The Morgan fingerprint density at radius 1 is 1.15 bits per heavy atom. The number of aliphatic hydroxyl groups excluding tert-OH is 1. The molecule has 1 atom stereocenters. The third-order valence-electron chi connectivity index (χ3n) is 4.03. The summed E-state index contributed by atoms with van der Waals surface area (Å²) in [4.78, 5) is 4.26. The van der Waals surface area contributed by atoms with E-state index in [2.05, 4.69) is 10.1 Å². The Hall–Kier alpha value is -1.62. The van der Waals surface area contributed by atoms with Gasteiger partial charge in [0.25, 0.3) is 5.89 Å². The summed E-state index contributed by atoms with van der Waals surface area (Å²) in [5.41, 5.74) is 0. The van der Waals surface area contributed by atoms with Crippen LogP contribution in [0.25, 0.3) is 11.6 Å². The minimum Gasteiger partial charge on any atom is -0.461 e. The Kier molecular flexibility index (Phi) is 4.16. The molecule has 1 N–H and O–H groups in total. The summed E-state index contributed by atoms with van der Waals surface area (Å²) < 4.78 is 10.4. The highest BCUT2D eigenvalue weighted by molar-refractivity contribution is 5.44. The highest BCUT2D eigenvalue weighted by atomic mass is 16.5. The smallest absolute Gasteiger partial charge is 0.256 e. The van der Waals surface area contributed by atoms with Gasteiger partial charge in [-0.15, -0.1) is 0 Å². The van der Waals surface area contributed by atoms with Crippen LogP contribution in [0.5, 0.6) is 0 Å². The van der Waals surface area contributed by atoms with Crippen molar-refractivity contribution in [3.63, 3.8) is 0 Å². The third-order valence-corrected chi connectivity index (χ3v) is 4.03. The molecule has 20 heavy (non-hydrogen) atoms. The first-order valence-electron chi connectivity index (χ1n) is 7.40. The first-order chi connectivity index (χ1) is 9.84. The van der Waals surface area contributed by atoms with E-state index in [4.69, 9.17) is 8.94 Å². The molecule has 2 aromatic rings. The zero-order valence-corrected chi connectivity index (χ0v) is 11.5. The molecule has 2 aromatic heterocycles. The summed E-state index contributed by atoms with van der Waals surface area (Å²) in [5, 5.41) is 14.3. The maximum atomic E-state index is 10.4. The molecule has 1 aliphatic carbocycles. The average Bonchev–Trinajstić information content (AvgIpc) is 3.09. The van der Waals surface area contributed by atoms with E-state index in [0.717, 1.165) is 12.8 Å². The molecule has 1 fully saturated rings. The van der Waals surface area contributed by atoms with Gasteiger partial charge in [0.2, 0.25) is 5.82 Å². The maximum Gasteiger partial charge on any atom is 0.256 e. The first-order valence-corrected chi connectivity index (χ1v) is 7.40. The van der Waals surface area contributed by atoms with E-state index in [1.807, 2.05) is 0 Å². The van der Waals surface area contributed by atoms with Gasteiger partial charge < -0.3 is 14.0 Å². The summed E-state index contributed by atoms with van der Waals surface area (Å²) in [6.07, 6.45) is 9.11. The predicted molar refractivity (Wildman–Crippen MR) is 72.8 cm³/mol. The van der Waals surface area contributed by atoms with Crippen molar-refractivity contribution in [1.29, 1.82) is 0 Å². The Bertz CT molecular complexity index is 513. The molecule has 0 radical (unpaired) electrons. The molecule has 1 saturated carbocycles. The highest BCUT2D eigenvalue weighted by Crippen LogP contribution is 2.32. The van der Waals surface area contributed by atoms with Crippen molar-refractivity contribution in [3.8, 4) is 11.6 Å². The molecule has 0 saturated heterocycles. The Morgan fingerprint density at radius 3 is 2.60 bits per heavy atom. The molecule has 1 unspecified atom stereocenters. The van der Waals surface area contributed by atoms with Crippen molar-refractivity contribution in [2.75, 3.05) is 0 Å². The molecular weight excluding hydrogens is 256 g/mol. The molecule has 3 rings (SSSR count). The van der Waals surface area contributed by atoms with Crippen LogP contribution in [-0.2, 0) is 0 Å². The normalized spacial score (nSPS) is 19.4. The van der Waals surface area contributed by atoms with Crippen LogP contribution in [0.2, 0.25) is 0 Å². The number of aromatic nitrogens is 2. The lowest BCUT2D eigenvalue weighted by Gasteiger charge is -2.22. The second-order valence-electron chi connectivity index (χ2n) is 5.48. The number of hydrogen-bond acceptors (Lipinski definition) is 5. The van der Waals surface area contributed by atoms with Crippen molar-refractivity contribution in [3.05, 3.63) is 24.3 Å². The zero-order valence-electron chi connectivity index (χ0n) is 11.5. The molecule has 0 spiro atoms. The van der Waals surface area contributed by atoms with Crippen molar-refractivity contribution in [2.24, 2.45) is 5.92 Å². The van der Waals surface area contributed by atoms with Gasteiger partial charge in [-0.3, -0.25) is 0 Å². The largest absolute Gasteiger partial charge is 0.461 e. The molecule has 108 valence electrons. The van der Waals surface area contributed by atoms with Gasteiger partial charge in [0.1, 0.15) is 6.10 Å². The highest BCUT2D eigenvalue weighted by Gasteiger charge is 2.27. The molecule has 0 aliphatic heterocycles. The average molecular weight is 276 g/mol. The number of hydrogen-bond donors (Lipinski definition) is 1. The molecule has 5 heteroatoms. The maximum absolute atomic E-state index is 10.4. The molecule has 0 aromatic carbocycles. The zero-order chi connectivity index (χ0) is 13.8. The Labute approximate surface area is 118 Å². The van der Waals surface area contributed by atoms with E-state index in [9.17, 15) is 5.11 Å².